The zero-order valence-electron chi connectivity index (χ0n) is 21.0. The van der Waals surface area contributed by atoms with Gasteiger partial charge in [0.15, 0.2) is 0 Å². The largest absolute Gasteiger partial charge is 0.496 e. The van der Waals surface area contributed by atoms with Gasteiger partial charge >= 0.3 is 12.2 Å². The number of aryl methyl sites for hydroxylation is 1. The van der Waals surface area contributed by atoms with Crippen LogP contribution in [0.5, 0.6) is 11.5 Å². The first-order valence-electron chi connectivity index (χ1n) is 11.9. The van der Waals surface area contributed by atoms with Gasteiger partial charge in [-0.25, -0.2) is 18.0 Å². The summed E-state index contributed by atoms with van der Waals surface area (Å²) in [5.74, 6) is 1.25. The van der Waals surface area contributed by atoms with Gasteiger partial charge in [0.25, 0.3) is 0 Å². The summed E-state index contributed by atoms with van der Waals surface area (Å²) in [6.45, 7) is 2.34. The van der Waals surface area contributed by atoms with Crippen LogP contribution in [0, 0.1) is 6.92 Å². The average Bonchev–Trinajstić information content (AvgIpc) is 3.51. The lowest BCUT2D eigenvalue weighted by atomic mass is 9.98. The fourth-order valence-electron chi connectivity index (χ4n) is 5.07. The minimum absolute atomic E-state index is 0.0923. The van der Waals surface area contributed by atoms with Crippen molar-refractivity contribution < 1.29 is 37.0 Å². The molecule has 0 unspecified atom stereocenters. The lowest BCUT2D eigenvalue weighted by Crippen LogP contribution is -2.39. The summed E-state index contributed by atoms with van der Waals surface area (Å²) in [6, 6.07) is 6.48. The highest BCUT2D eigenvalue weighted by Crippen LogP contribution is 2.47. The number of hydrogen-bond acceptors (Lipinski definition) is 8. The number of fused-ring (bicyclic) bond motifs is 8. The molecule has 12 heteroatoms. The van der Waals surface area contributed by atoms with Gasteiger partial charge < -0.3 is 18.9 Å². The topological polar surface area (TPSA) is 115 Å². The van der Waals surface area contributed by atoms with E-state index in [2.05, 4.69) is 0 Å². The smallest absolute Gasteiger partial charge is 0.410 e. The molecule has 0 spiro atoms. The van der Waals surface area contributed by atoms with E-state index in [1.54, 1.807) is 26.4 Å². The van der Waals surface area contributed by atoms with Crippen molar-refractivity contribution in [1.29, 1.82) is 0 Å². The van der Waals surface area contributed by atoms with E-state index in [9.17, 15) is 18.0 Å². The van der Waals surface area contributed by atoms with Crippen LogP contribution in [0.1, 0.15) is 27.8 Å². The van der Waals surface area contributed by atoms with E-state index in [1.165, 1.54) is 26.2 Å². The summed E-state index contributed by atoms with van der Waals surface area (Å²) in [5.41, 5.74) is 4.15. The van der Waals surface area contributed by atoms with Crippen LogP contribution in [0.3, 0.4) is 0 Å². The molecule has 2 aromatic carbocycles. The van der Waals surface area contributed by atoms with Gasteiger partial charge in [0.05, 0.1) is 45.3 Å². The van der Waals surface area contributed by atoms with Crippen molar-refractivity contribution in [2.75, 3.05) is 40.5 Å². The Bertz CT molecular complexity index is 1240. The number of rotatable bonds is 4. The second-order valence-electron chi connectivity index (χ2n) is 9.14. The Balaban J connectivity index is 1.45. The second-order valence-corrected chi connectivity index (χ2v) is 11.1. The van der Waals surface area contributed by atoms with Gasteiger partial charge in [-0.2, -0.15) is 4.31 Å². The van der Waals surface area contributed by atoms with Crippen LogP contribution < -0.4 is 9.47 Å². The molecular weight excluding hydrogens is 502 g/mol. The number of carbonyl (C=O) groups is 2. The predicted molar refractivity (Wildman–Crippen MR) is 131 cm³/mol. The first-order valence-corrected chi connectivity index (χ1v) is 13.4. The Morgan fingerprint density at radius 2 is 1.14 bits per heavy atom. The van der Waals surface area contributed by atoms with E-state index in [0.717, 1.165) is 27.8 Å². The van der Waals surface area contributed by atoms with Gasteiger partial charge in [-0.1, -0.05) is 17.7 Å². The number of hydrogen-bond donors (Lipinski definition) is 0. The molecule has 4 heterocycles. The number of methoxy groups -OCH3 is 2. The maximum atomic E-state index is 13.3. The van der Waals surface area contributed by atoms with Crippen molar-refractivity contribution >= 4 is 22.2 Å². The van der Waals surface area contributed by atoms with Gasteiger partial charge in [-0.05, 0) is 19.1 Å². The van der Waals surface area contributed by atoms with Crippen molar-refractivity contribution in [1.82, 2.24) is 14.1 Å². The molecule has 37 heavy (non-hydrogen) atoms. The maximum Gasteiger partial charge on any atom is 0.410 e. The zero-order valence-corrected chi connectivity index (χ0v) is 21.8. The number of carbonyl (C=O) groups excluding carboxylic acids is 2. The van der Waals surface area contributed by atoms with Crippen LogP contribution in [-0.2, 0) is 45.7 Å². The quantitative estimate of drug-likeness (QED) is 0.553. The number of benzene rings is 2. The fourth-order valence-corrected chi connectivity index (χ4v) is 6.48. The van der Waals surface area contributed by atoms with Gasteiger partial charge in [0.1, 0.15) is 24.7 Å². The zero-order chi connectivity index (χ0) is 26.3. The lowest BCUT2D eigenvalue weighted by molar-refractivity contribution is 0.0864. The van der Waals surface area contributed by atoms with E-state index >= 15 is 0 Å². The third-order valence-electron chi connectivity index (χ3n) is 6.94. The highest BCUT2D eigenvalue weighted by Gasteiger charge is 2.39. The van der Waals surface area contributed by atoms with Crippen LogP contribution >= 0.6 is 0 Å². The van der Waals surface area contributed by atoms with Crippen molar-refractivity contribution in [3.05, 3.63) is 52.1 Å². The molecule has 0 fully saturated rings. The molecule has 0 atom stereocenters. The summed E-state index contributed by atoms with van der Waals surface area (Å²) >= 11 is 0. The molecule has 6 rings (SSSR count). The Hall–Kier alpha value is -3.51. The highest BCUT2D eigenvalue weighted by atomic mass is 32.2. The molecule has 2 aromatic rings. The molecule has 2 amide bonds. The molecule has 0 saturated heterocycles. The van der Waals surface area contributed by atoms with Crippen LogP contribution in [0.4, 0.5) is 9.59 Å². The Morgan fingerprint density at radius 3 is 1.51 bits per heavy atom. The molecule has 11 nitrogen and oxygen atoms in total. The Kier molecular flexibility index (Phi) is 6.63. The third-order valence-corrected chi connectivity index (χ3v) is 8.85. The first kappa shape index (κ1) is 25.2. The van der Waals surface area contributed by atoms with Gasteiger partial charge in [-0.3, -0.25) is 9.80 Å². The van der Waals surface area contributed by atoms with E-state index in [0.29, 0.717) is 11.5 Å². The minimum atomic E-state index is -3.91. The van der Waals surface area contributed by atoms with E-state index in [1.807, 2.05) is 6.92 Å². The minimum Gasteiger partial charge on any atom is -0.496 e. The standard InChI is InChI=1S/C25H29N3O8S/c1-16-4-6-17(7-5-16)37(31,32)28-8-10-35-24(29)26-12-18-20(14-26)23(34-3)21-15-27(25(30)36-11-9-28)13-19(21)22(18)33-2/h4-7H,8-15H2,1-3H3. The molecule has 4 aliphatic heterocycles. The van der Waals surface area contributed by atoms with E-state index < -0.39 is 22.2 Å². The van der Waals surface area contributed by atoms with Crippen LogP contribution in [0.25, 0.3) is 0 Å². The molecule has 4 aliphatic rings. The maximum absolute atomic E-state index is 13.3. The average molecular weight is 532 g/mol. The Labute approximate surface area is 215 Å². The lowest BCUT2D eigenvalue weighted by Gasteiger charge is -2.24. The predicted octanol–water partition coefficient (Wildman–Crippen LogP) is 2.62. The number of ether oxygens (including phenoxy) is 4. The SMILES string of the molecule is COc1c2c3c(OC)c4c1CN(C4)C(=O)OCCN(S(=O)(=O)c1ccc(C)cc1)CCOC(=O)N(C2)C3. The molecule has 6 bridgehead atoms. The fraction of sp³-hybridized carbons (Fsp3) is 0.440. The summed E-state index contributed by atoms with van der Waals surface area (Å²) in [4.78, 5) is 29.1. The molecule has 0 radical (unpaired) electrons. The molecule has 0 aromatic heterocycles. The van der Waals surface area contributed by atoms with Crippen molar-refractivity contribution in [3.63, 3.8) is 0 Å². The van der Waals surface area contributed by atoms with Gasteiger partial charge in [-0.15, -0.1) is 0 Å². The molecule has 0 aliphatic carbocycles. The van der Waals surface area contributed by atoms with Gasteiger partial charge in [0.2, 0.25) is 10.0 Å². The second kappa shape index (κ2) is 9.75. The molecule has 0 saturated carbocycles. The molecular formula is C25H29N3O8S. The Morgan fingerprint density at radius 1 is 0.730 bits per heavy atom. The van der Waals surface area contributed by atoms with Crippen molar-refractivity contribution in [2.24, 2.45) is 0 Å². The van der Waals surface area contributed by atoms with Crippen molar-refractivity contribution in [3.8, 4) is 11.5 Å². The van der Waals surface area contributed by atoms with Gasteiger partial charge in [0, 0.05) is 35.3 Å². The van der Waals surface area contributed by atoms with Crippen LogP contribution in [-0.4, -0.2) is 75.2 Å². The van der Waals surface area contributed by atoms with E-state index in [-0.39, 0.29) is 57.4 Å². The first-order chi connectivity index (χ1) is 17.7. The van der Waals surface area contributed by atoms with E-state index in [4.69, 9.17) is 18.9 Å². The molecule has 0 N–H and O–H groups in total. The highest BCUT2D eigenvalue weighted by molar-refractivity contribution is 7.89. The number of nitrogens with zero attached hydrogens (tertiary/aromatic N) is 3. The third kappa shape index (κ3) is 4.44. The van der Waals surface area contributed by atoms with Crippen molar-refractivity contribution in [2.45, 2.75) is 38.0 Å². The normalized spacial score (nSPS) is 18.4. The summed E-state index contributed by atoms with van der Waals surface area (Å²) in [6.07, 6.45) is -1.12. The monoisotopic (exact) mass is 531 g/mol. The van der Waals surface area contributed by atoms with Crippen LogP contribution in [0.15, 0.2) is 29.2 Å². The molecule has 198 valence electrons. The number of sulfonamides is 1. The number of amides is 2. The summed E-state index contributed by atoms with van der Waals surface area (Å²) in [7, 11) is -0.787. The summed E-state index contributed by atoms with van der Waals surface area (Å²) in [5, 5.41) is 0. The van der Waals surface area contributed by atoms with Crippen LogP contribution in [0.2, 0.25) is 0 Å². The summed E-state index contributed by atoms with van der Waals surface area (Å²) < 4.78 is 50.2.